The van der Waals surface area contributed by atoms with E-state index in [0.717, 1.165) is 41.9 Å². The van der Waals surface area contributed by atoms with Crippen LogP contribution in [0, 0.1) is 0 Å². The molecule has 0 aromatic carbocycles. The molecule has 1 aromatic heterocycles. The van der Waals surface area contributed by atoms with Gasteiger partial charge in [0, 0.05) is 24.7 Å². The van der Waals surface area contributed by atoms with Gasteiger partial charge in [-0.3, -0.25) is 4.99 Å². The molecule has 0 amide bonds. The summed E-state index contributed by atoms with van der Waals surface area (Å²) in [5.74, 6) is 1.84. The first-order chi connectivity index (χ1) is 13.0. The van der Waals surface area contributed by atoms with Crippen molar-refractivity contribution in [2.24, 2.45) is 4.99 Å². The number of aromatic nitrogens is 1. The van der Waals surface area contributed by atoms with E-state index in [2.05, 4.69) is 48.0 Å². The highest BCUT2D eigenvalue weighted by atomic mass is 16.5. The Hall–Kier alpha value is -2.44. The third-order valence-electron chi connectivity index (χ3n) is 4.25. The van der Waals surface area contributed by atoms with Crippen LogP contribution in [-0.4, -0.2) is 22.6 Å². The second-order valence-corrected chi connectivity index (χ2v) is 6.36. The van der Waals surface area contributed by atoms with E-state index >= 15 is 0 Å². The molecule has 0 aliphatic rings. The quantitative estimate of drug-likeness (QED) is 0.262. The van der Waals surface area contributed by atoms with Crippen molar-refractivity contribution in [1.29, 1.82) is 0 Å². The summed E-state index contributed by atoms with van der Waals surface area (Å²) >= 11 is 0. The largest absolute Gasteiger partial charge is 0.359 e. The monoisotopic (exact) mass is 372 g/mol. The summed E-state index contributed by atoms with van der Waals surface area (Å²) < 4.78 is 5.41. The molecule has 148 valence electrons. The predicted octanol–water partition coefficient (Wildman–Crippen LogP) is 5.35. The minimum absolute atomic E-state index is 0.341. The molecule has 3 N–H and O–H groups in total. The fourth-order valence-corrected chi connectivity index (χ4v) is 2.52. The zero-order valence-electron chi connectivity index (χ0n) is 16.9. The van der Waals surface area contributed by atoms with Gasteiger partial charge in [0.05, 0.1) is 11.4 Å². The maximum atomic E-state index is 8.75. The lowest BCUT2D eigenvalue weighted by molar-refractivity contribution is 0.179. The molecule has 1 unspecified atom stereocenters. The minimum Gasteiger partial charge on any atom is -0.359 e. The van der Waals surface area contributed by atoms with Crippen LogP contribution in [-0.2, 0) is 0 Å². The second-order valence-electron chi connectivity index (χ2n) is 6.36. The fourth-order valence-electron chi connectivity index (χ4n) is 2.52. The van der Waals surface area contributed by atoms with E-state index in [1.165, 1.54) is 0 Å². The van der Waals surface area contributed by atoms with Crippen LogP contribution < -0.4 is 10.8 Å². The van der Waals surface area contributed by atoms with Crippen molar-refractivity contribution < 1.29 is 9.73 Å². The van der Waals surface area contributed by atoms with Crippen molar-refractivity contribution in [3.63, 3.8) is 0 Å². The number of rotatable bonds is 12. The van der Waals surface area contributed by atoms with Gasteiger partial charge in [-0.25, -0.2) is 5.48 Å². The summed E-state index contributed by atoms with van der Waals surface area (Å²) in [4.78, 5) is 4.50. The standard InChI is InChI=1S/C21H32N4O2/c1-7-10-15(4)20-13-21(25-27-20)24-17(6)16(5)22-14-19(9-3)18(8-2)11-12-23-26/h8,11,13-15,23,26H,2,6-7,9-10,12H2,1,3-5H3,(H,24,25)/b18-11+,19-14+,22-16?. The molecule has 6 heteroatoms. The minimum atomic E-state index is 0.341. The summed E-state index contributed by atoms with van der Waals surface area (Å²) in [6, 6.07) is 1.91. The van der Waals surface area contributed by atoms with E-state index in [0.29, 0.717) is 24.0 Å². The van der Waals surface area contributed by atoms with Crippen LogP contribution in [0.3, 0.4) is 0 Å². The lowest BCUT2D eigenvalue weighted by Crippen LogP contribution is -2.07. The lowest BCUT2D eigenvalue weighted by Gasteiger charge is -2.07. The number of nitrogens with one attached hydrogen (secondary N) is 2. The van der Waals surface area contributed by atoms with Crippen molar-refractivity contribution in [3.8, 4) is 0 Å². The van der Waals surface area contributed by atoms with Crippen molar-refractivity contribution in [2.45, 2.75) is 52.9 Å². The van der Waals surface area contributed by atoms with Crippen LogP contribution in [0.1, 0.15) is 58.6 Å². The molecule has 0 saturated carbocycles. The Balaban J connectivity index is 2.83. The lowest BCUT2D eigenvalue weighted by atomic mass is 10.0. The summed E-state index contributed by atoms with van der Waals surface area (Å²) in [7, 11) is 0. The number of allylic oxidation sites excluding steroid dienone is 4. The Morgan fingerprint density at radius 3 is 2.78 bits per heavy atom. The molecule has 0 bridgehead atoms. The van der Waals surface area contributed by atoms with E-state index in [1.807, 2.05) is 26.0 Å². The molecule has 27 heavy (non-hydrogen) atoms. The molecule has 0 aliphatic carbocycles. The Labute approximate surface area is 162 Å². The maximum Gasteiger partial charge on any atom is 0.174 e. The van der Waals surface area contributed by atoms with Crippen molar-refractivity contribution in [1.82, 2.24) is 10.6 Å². The molecule has 0 radical (unpaired) electrons. The maximum absolute atomic E-state index is 8.75. The third kappa shape index (κ3) is 7.37. The van der Waals surface area contributed by atoms with Crippen molar-refractivity contribution >= 4 is 11.5 Å². The molecule has 1 aromatic rings. The average molecular weight is 373 g/mol. The van der Waals surface area contributed by atoms with Gasteiger partial charge in [-0.2, -0.15) is 0 Å². The van der Waals surface area contributed by atoms with E-state index in [4.69, 9.17) is 9.73 Å². The van der Waals surface area contributed by atoms with E-state index < -0.39 is 0 Å². The number of hydrogen-bond donors (Lipinski definition) is 3. The zero-order chi connectivity index (χ0) is 20.2. The van der Waals surface area contributed by atoms with E-state index in [9.17, 15) is 0 Å². The molecule has 0 fully saturated rings. The molecule has 0 spiro atoms. The SMILES string of the molecule is C=CC(=C\CNO)/C(=C/N=C(C)C(=C)Nc1cc(C(C)CCC)on1)CC. The predicted molar refractivity (Wildman–Crippen MR) is 112 cm³/mol. The first-order valence-electron chi connectivity index (χ1n) is 9.32. The summed E-state index contributed by atoms with van der Waals surface area (Å²) in [5.41, 5.74) is 5.47. The van der Waals surface area contributed by atoms with Gasteiger partial charge in [0.2, 0.25) is 0 Å². The number of anilines is 1. The smallest absolute Gasteiger partial charge is 0.174 e. The number of nitrogens with zero attached hydrogens (tertiary/aromatic N) is 2. The molecule has 1 atom stereocenters. The van der Waals surface area contributed by atoms with Gasteiger partial charge in [0.25, 0.3) is 0 Å². The first kappa shape index (κ1) is 22.6. The van der Waals surface area contributed by atoms with Crippen LogP contribution in [0.2, 0.25) is 0 Å². The molecular weight excluding hydrogens is 340 g/mol. The van der Waals surface area contributed by atoms with Gasteiger partial charge >= 0.3 is 0 Å². The summed E-state index contributed by atoms with van der Waals surface area (Å²) in [5, 5.41) is 16.0. The Kier molecular flexibility index (Phi) is 10.1. The zero-order valence-corrected chi connectivity index (χ0v) is 16.9. The molecule has 1 heterocycles. The Morgan fingerprint density at radius 2 is 2.19 bits per heavy atom. The highest BCUT2D eigenvalue weighted by Crippen LogP contribution is 2.23. The molecular formula is C21H32N4O2. The van der Waals surface area contributed by atoms with Crippen LogP contribution in [0.4, 0.5) is 5.82 Å². The Bertz CT molecular complexity index is 714. The number of hydroxylamine groups is 1. The van der Waals surface area contributed by atoms with Crippen LogP contribution in [0.5, 0.6) is 0 Å². The Morgan fingerprint density at radius 1 is 1.44 bits per heavy atom. The molecule has 0 aliphatic heterocycles. The third-order valence-corrected chi connectivity index (χ3v) is 4.25. The molecule has 1 rings (SSSR count). The fraction of sp³-hybridized carbons (Fsp3) is 0.429. The van der Waals surface area contributed by atoms with Crippen molar-refractivity contribution in [2.75, 3.05) is 11.9 Å². The second kappa shape index (κ2) is 12.0. The van der Waals surface area contributed by atoms with Gasteiger partial charge in [-0.05, 0) is 30.9 Å². The highest BCUT2D eigenvalue weighted by molar-refractivity contribution is 6.00. The van der Waals surface area contributed by atoms with Gasteiger partial charge in [0.15, 0.2) is 5.82 Å². The molecule has 6 nitrogen and oxygen atoms in total. The van der Waals surface area contributed by atoms with Gasteiger partial charge < -0.3 is 15.0 Å². The summed E-state index contributed by atoms with van der Waals surface area (Å²) in [6.45, 7) is 16.4. The van der Waals surface area contributed by atoms with Gasteiger partial charge in [0.1, 0.15) is 5.76 Å². The average Bonchev–Trinajstić information content (AvgIpc) is 3.12. The molecule has 0 saturated heterocycles. The van der Waals surface area contributed by atoms with E-state index in [1.54, 1.807) is 12.3 Å². The normalized spacial score (nSPS) is 14.2. The first-order valence-corrected chi connectivity index (χ1v) is 9.32. The van der Waals surface area contributed by atoms with Crippen LogP contribution in [0.25, 0.3) is 0 Å². The van der Waals surface area contributed by atoms with Gasteiger partial charge in [-0.15, -0.1) is 0 Å². The van der Waals surface area contributed by atoms with Crippen molar-refractivity contribution in [3.05, 3.63) is 60.2 Å². The van der Waals surface area contributed by atoms with Crippen LogP contribution in [0.15, 0.2) is 63.9 Å². The highest BCUT2D eigenvalue weighted by Gasteiger charge is 2.12. The number of hydrogen-bond acceptors (Lipinski definition) is 6. The topological polar surface area (TPSA) is 82.7 Å². The van der Waals surface area contributed by atoms with E-state index in [-0.39, 0.29) is 0 Å². The number of aliphatic imine (C=N–C) groups is 1. The summed E-state index contributed by atoms with van der Waals surface area (Å²) in [6.07, 6.45) is 8.36. The van der Waals surface area contributed by atoms with Crippen LogP contribution >= 0.6 is 0 Å². The van der Waals surface area contributed by atoms with Gasteiger partial charge in [-0.1, -0.05) is 57.7 Å².